The number of anilines is 1. The van der Waals surface area contributed by atoms with Crippen molar-refractivity contribution in [2.24, 2.45) is 0 Å². The molecule has 5 heteroatoms. The van der Waals surface area contributed by atoms with Crippen molar-refractivity contribution < 1.29 is 4.74 Å². The normalized spacial score (nSPS) is 12.0. The number of halogens is 3. The van der Waals surface area contributed by atoms with Gasteiger partial charge >= 0.3 is 0 Å². The topological polar surface area (TPSA) is 21.3 Å². The SMILES string of the molecule is CCC(Nc1ccc(OC)c(Cl)c1)c1ccc(Cl)c(Cl)c1. The smallest absolute Gasteiger partial charge is 0.137 e. The van der Waals surface area contributed by atoms with Crippen molar-refractivity contribution >= 4 is 40.5 Å². The molecule has 0 spiro atoms. The van der Waals surface area contributed by atoms with Crippen LogP contribution in [-0.4, -0.2) is 7.11 Å². The number of methoxy groups -OCH3 is 1. The maximum Gasteiger partial charge on any atom is 0.137 e. The van der Waals surface area contributed by atoms with E-state index in [-0.39, 0.29) is 6.04 Å². The van der Waals surface area contributed by atoms with Crippen molar-refractivity contribution in [3.63, 3.8) is 0 Å². The van der Waals surface area contributed by atoms with Crippen LogP contribution in [-0.2, 0) is 0 Å². The van der Waals surface area contributed by atoms with E-state index in [9.17, 15) is 0 Å². The van der Waals surface area contributed by atoms with Gasteiger partial charge in [0.2, 0.25) is 0 Å². The van der Waals surface area contributed by atoms with Crippen LogP contribution in [0.15, 0.2) is 36.4 Å². The number of rotatable bonds is 5. The number of ether oxygens (including phenoxy) is 1. The van der Waals surface area contributed by atoms with Crippen molar-refractivity contribution in [3.05, 3.63) is 57.0 Å². The molecule has 0 aliphatic carbocycles. The highest BCUT2D eigenvalue weighted by molar-refractivity contribution is 6.42. The monoisotopic (exact) mass is 343 g/mol. The highest BCUT2D eigenvalue weighted by atomic mass is 35.5. The molecule has 2 aromatic rings. The molecular formula is C16H16Cl3NO. The van der Waals surface area contributed by atoms with Crippen LogP contribution in [0, 0.1) is 0 Å². The third-order valence-corrected chi connectivity index (χ3v) is 4.28. The number of hydrogen-bond acceptors (Lipinski definition) is 2. The van der Waals surface area contributed by atoms with Gasteiger partial charge in [0.15, 0.2) is 0 Å². The molecule has 0 saturated carbocycles. The van der Waals surface area contributed by atoms with Crippen molar-refractivity contribution in [2.45, 2.75) is 19.4 Å². The molecule has 0 saturated heterocycles. The van der Waals surface area contributed by atoms with E-state index >= 15 is 0 Å². The van der Waals surface area contributed by atoms with Crippen LogP contribution in [0.1, 0.15) is 24.9 Å². The predicted octanol–water partition coefficient (Wildman–Crippen LogP) is 6.22. The van der Waals surface area contributed by atoms with E-state index in [4.69, 9.17) is 39.5 Å². The standard InChI is InChI=1S/C16H16Cl3NO/c1-3-15(10-4-6-12(17)13(18)8-10)20-11-5-7-16(21-2)14(19)9-11/h4-9,15,20H,3H2,1-2H3. The molecule has 2 nitrogen and oxygen atoms in total. The van der Waals surface area contributed by atoms with Crippen LogP contribution in [0.25, 0.3) is 0 Å². The fourth-order valence-corrected chi connectivity index (χ4v) is 2.67. The molecule has 1 N–H and O–H groups in total. The summed E-state index contributed by atoms with van der Waals surface area (Å²) in [5.74, 6) is 0.657. The fraction of sp³-hybridized carbons (Fsp3) is 0.250. The summed E-state index contributed by atoms with van der Waals surface area (Å²) in [6.07, 6.45) is 0.904. The Bertz CT molecular complexity index is 631. The lowest BCUT2D eigenvalue weighted by Crippen LogP contribution is -2.09. The van der Waals surface area contributed by atoms with Gasteiger partial charge in [0.25, 0.3) is 0 Å². The Morgan fingerprint density at radius 3 is 2.33 bits per heavy atom. The summed E-state index contributed by atoms with van der Waals surface area (Å²) in [7, 11) is 1.60. The zero-order valence-corrected chi connectivity index (χ0v) is 14.1. The molecule has 0 heterocycles. The summed E-state index contributed by atoms with van der Waals surface area (Å²) in [5, 5.41) is 5.13. The highest BCUT2D eigenvalue weighted by Crippen LogP contribution is 2.32. The summed E-state index contributed by atoms with van der Waals surface area (Å²) in [6, 6.07) is 11.4. The highest BCUT2D eigenvalue weighted by Gasteiger charge is 2.12. The van der Waals surface area contributed by atoms with Crippen molar-refractivity contribution in [2.75, 3.05) is 12.4 Å². The van der Waals surface area contributed by atoms with E-state index in [0.29, 0.717) is 20.8 Å². The Balaban J connectivity index is 2.22. The van der Waals surface area contributed by atoms with E-state index in [2.05, 4.69) is 12.2 Å². The third kappa shape index (κ3) is 3.97. The second-order valence-electron chi connectivity index (χ2n) is 4.63. The molecule has 1 unspecified atom stereocenters. The van der Waals surface area contributed by atoms with E-state index < -0.39 is 0 Å². The minimum atomic E-state index is 0.129. The first-order chi connectivity index (χ1) is 10.0. The molecule has 21 heavy (non-hydrogen) atoms. The average molecular weight is 345 g/mol. The molecule has 0 radical (unpaired) electrons. The number of benzene rings is 2. The van der Waals surface area contributed by atoms with Gasteiger partial charge in [-0.25, -0.2) is 0 Å². The molecular weight excluding hydrogens is 329 g/mol. The molecule has 2 aromatic carbocycles. The maximum atomic E-state index is 6.14. The second kappa shape index (κ2) is 7.26. The molecule has 1 atom stereocenters. The summed E-state index contributed by atoms with van der Waals surface area (Å²) < 4.78 is 5.15. The van der Waals surface area contributed by atoms with Crippen molar-refractivity contribution in [1.29, 1.82) is 0 Å². The summed E-state index contributed by atoms with van der Waals surface area (Å²) in [6.45, 7) is 2.10. The largest absolute Gasteiger partial charge is 0.495 e. The second-order valence-corrected chi connectivity index (χ2v) is 5.85. The Labute approximate surface area is 140 Å². The molecule has 0 amide bonds. The number of hydrogen-bond donors (Lipinski definition) is 1. The lowest BCUT2D eigenvalue weighted by molar-refractivity contribution is 0.415. The minimum Gasteiger partial charge on any atom is -0.495 e. The van der Waals surface area contributed by atoms with Crippen LogP contribution in [0.3, 0.4) is 0 Å². The molecule has 112 valence electrons. The van der Waals surface area contributed by atoms with Gasteiger partial charge in [-0.3, -0.25) is 0 Å². The van der Waals surface area contributed by atoms with E-state index in [0.717, 1.165) is 17.7 Å². The van der Waals surface area contributed by atoms with Crippen LogP contribution in [0.2, 0.25) is 15.1 Å². The lowest BCUT2D eigenvalue weighted by Gasteiger charge is -2.20. The van der Waals surface area contributed by atoms with E-state index in [1.54, 1.807) is 7.11 Å². The molecule has 0 aliphatic heterocycles. The Kier molecular flexibility index (Phi) is 5.63. The Morgan fingerprint density at radius 1 is 1.00 bits per heavy atom. The molecule has 0 aromatic heterocycles. The number of nitrogens with one attached hydrogen (secondary N) is 1. The van der Waals surface area contributed by atoms with Gasteiger partial charge in [0.1, 0.15) is 5.75 Å². The van der Waals surface area contributed by atoms with Gasteiger partial charge in [-0.05, 0) is 42.3 Å². The van der Waals surface area contributed by atoms with E-state index in [1.165, 1.54) is 0 Å². The Hall–Kier alpha value is -1.09. The zero-order chi connectivity index (χ0) is 15.4. The molecule has 0 aliphatic rings. The van der Waals surface area contributed by atoms with Crippen LogP contribution >= 0.6 is 34.8 Å². The third-order valence-electron chi connectivity index (χ3n) is 3.25. The molecule has 2 rings (SSSR count). The molecule has 0 fully saturated rings. The molecule has 0 bridgehead atoms. The van der Waals surface area contributed by atoms with Crippen molar-refractivity contribution in [1.82, 2.24) is 0 Å². The fourth-order valence-electron chi connectivity index (χ4n) is 2.11. The van der Waals surface area contributed by atoms with Crippen LogP contribution < -0.4 is 10.1 Å². The van der Waals surface area contributed by atoms with Crippen LogP contribution in [0.5, 0.6) is 5.75 Å². The quantitative estimate of drug-likeness (QED) is 0.695. The summed E-state index contributed by atoms with van der Waals surface area (Å²) in [5.41, 5.74) is 2.01. The zero-order valence-electron chi connectivity index (χ0n) is 11.8. The average Bonchev–Trinajstić information content (AvgIpc) is 2.48. The van der Waals surface area contributed by atoms with Gasteiger partial charge in [-0.15, -0.1) is 0 Å². The lowest BCUT2D eigenvalue weighted by atomic mass is 10.0. The minimum absolute atomic E-state index is 0.129. The van der Waals surface area contributed by atoms with Crippen LogP contribution in [0.4, 0.5) is 5.69 Å². The van der Waals surface area contributed by atoms with Gasteiger partial charge in [0, 0.05) is 5.69 Å². The first-order valence-corrected chi connectivity index (χ1v) is 7.73. The first kappa shape index (κ1) is 16.3. The summed E-state index contributed by atoms with van der Waals surface area (Å²) >= 11 is 18.2. The van der Waals surface area contributed by atoms with Gasteiger partial charge in [0.05, 0.1) is 28.2 Å². The van der Waals surface area contributed by atoms with Gasteiger partial charge < -0.3 is 10.1 Å². The predicted molar refractivity (Wildman–Crippen MR) is 91.1 cm³/mol. The van der Waals surface area contributed by atoms with E-state index in [1.807, 2.05) is 36.4 Å². The first-order valence-electron chi connectivity index (χ1n) is 6.60. The Morgan fingerprint density at radius 2 is 1.76 bits per heavy atom. The van der Waals surface area contributed by atoms with Gasteiger partial charge in [-0.2, -0.15) is 0 Å². The van der Waals surface area contributed by atoms with Gasteiger partial charge in [-0.1, -0.05) is 47.8 Å². The summed E-state index contributed by atoms with van der Waals surface area (Å²) in [4.78, 5) is 0. The van der Waals surface area contributed by atoms with Crippen molar-refractivity contribution in [3.8, 4) is 5.75 Å². The maximum absolute atomic E-state index is 6.14.